The highest BCUT2D eigenvalue weighted by atomic mass is 15.0. The van der Waals surface area contributed by atoms with Gasteiger partial charge in [0.25, 0.3) is 0 Å². The molecule has 0 saturated carbocycles. The summed E-state index contributed by atoms with van der Waals surface area (Å²) in [5.41, 5.74) is 8.52. The molecule has 0 bridgehead atoms. The first kappa shape index (κ1) is 28.2. The lowest BCUT2D eigenvalue weighted by Gasteiger charge is -2.17. The highest BCUT2D eigenvalue weighted by molar-refractivity contribution is 6.36. The summed E-state index contributed by atoms with van der Waals surface area (Å²) < 4.78 is 2.39. The lowest BCUT2D eigenvalue weighted by Crippen LogP contribution is -1.93. The molecule has 0 N–H and O–H groups in total. The first-order chi connectivity index (χ1) is 25.3. The summed E-state index contributed by atoms with van der Waals surface area (Å²) in [5.74, 6) is 0. The van der Waals surface area contributed by atoms with E-state index in [1.54, 1.807) is 0 Å². The van der Waals surface area contributed by atoms with Crippen molar-refractivity contribution in [2.24, 2.45) is 0 Å². The summed E-state index contributed by atoms with van der Waals surface area (Å²) in [6.45, 7) is 0. The van der Waals surface area contributed by atoms with Gasteiger partial charge in [0.1, 0.15) is 0 Å². The van der Waals surface area contributed by atoms with Crippen LogP contribution in [0.25, 0.3) is 104 Å². The molecule has 0 saturated heterocycles. The molecule has 0 aliphatic heterocycles. The number of hydrogen-bond acceptors (Lipinski definition) is 0. The van der Waals surface area contributed by atoms with Gasteiger partial charge in [-0.05, 0) is 106 Å². The summed E-state index contributed by atoms with van der Waals surface area (Å²) in [4.78, 5) is 0. The second-order valence-electron chi connectivity index (χ2n) is 13.6. The van der Waals surface area contributed by atoms with Crippen molar-refractivity contribution in [1.82, 2.24) is 4.57 Å². The zero-order valence-corrected chi connectivity index (χ0v) is 27.8. The van der Waals surface area contributed by atoms with E-state index >= 15 is 0 Å². The van der Waals surface area contributed by atoms with E-state index in [1.165, 1.54) is 104 Å². The molecule has 0 fully saturated rings. The number of nitrogens with zero attached hydrogens (tertiary/aromatic N) is 1. The molecule has 11 rings (SSSR count). The van der Waals surface area contributed by atoms with E-state index in [-0.39, 0.29) is 0 Å². The molecular weight excluding hydrogens is 615 g/mol. The van der Waals surface area contributed by atoms with Gasteiger partial charge in [-0.1, -0.05) is 158 Å². The van der Waals surface area contributed by atoms with Gasteiger partial charge in [0.2, 0.25) is 0 Å². The highest BCUT2D eigenvalue weighted by Crippen LogP contribution is 2.45. The summed E-state index contributed by atoms with van der Waals surface area (Å²) in [6, 6.07) is 69.2. The molecule has 1 aromatic heterocycles. The zero-order chi connectivity index (χ0) is 33.5. The van der Waals surface area contributed by atoms with Gasteiger partial charge in [-0.15, -0.1) is 0 Å². The Balaban J connectivity index is 1.11. The minimum absolute atomic E-state index is 1.17. The Bertz CT molecular complexity index is 3170. The van der Waals surface area contributed by atoms with Crippen molar-refractivity contribution in [1.29, 1.82) is 0 Å². The average Bonchev–Trinajstić information content (AvgIpc) is 3.54. The topological polar surface area (TPSA) is 4.93 Å². The van der Waals surface area contributed by atoms with Gasteiger partial charge in [-0.2, -0.15) is 0 Å². The quantitative estimate of drug-likeness (QED) is 0.169. The fraction of sp³-hybridized carbons (Fsp3) is 0. The molecule has 236 valence electrons. The molecule has 11 aromatic rings. The number of fused-ring (bicyclic) bond motifs is 13. The van der Waals surface area contributed by atoms with E-state index in [2.05, 4.69) is 193 Å². The van der Waals surface area contributed by atoms with Crippen molar-refractivity contribution >= 4 is 75.7 Å². The van der Waals surface area contributed by atoms with Crippen LogP contribution in [0.15, 0.2) is 188 Å². The van der Waals surface area contributed by atoms with Crippen LogP contribution in [-0.4, -0.2) is 4.57 Å². The molecule has 0 atom stereocenters. The van der Waals surface area contributed by atoms with Gasteiger partial charge in [-0.25, -0.2) is 0 Å². The Labute approximate surface area is 295 Å². The van der Waals surface area contributed by atoms with Crippen LogP contribution in [-0.2, 0) is 0 Å². The second kappa shape index (κ2) is 10.9. The molecule has 1 nitrogen and oxygen atoms in total. The van der Waals surface area contributed by atoms with Gasteiger partial charge in [0.05, 0.1) is 11.0 Å². The average molecular weight is 646 g/mol. The normalized spacial score (nSPS) is 11.9. The smallest absolute Gasteiger partial charge is 0.0547 e. The van der Waals surface area contributed by atoms with Crippen molar-refractivity contribution in [3.8, 4) is 27.9 Å². The first-order valence-corrected chi connectivity index (χ1v) is 17.7. The molecule has 0 spiro atoms. The highest BCUT2D eigenvalue weighted by Gasteiger charge is 2.17. The zero-order valence-electron chi connectivity index (χ0n) is 27.8. The van der Waals surface area contributed by atoms with E-state index in [1.807, 2.05) is 0 Å². The van der Waals surface area contributed by atoms with Crippen LogP contribution in [0.4, 0.5) is 0 Å². The molecular formula is C50H31N. The van der Waals surface area contributed by atoms with E-state index in [0.29, 0.717) is 0 Å². The molecule has 1 heterocycles. The van der Waals surface area contributed by atoms with Crippen molar-refractivity contribution in [2.75, 3.05) is 0 Å². The van der Waals surface area contributed by atoms with Gasteiger partial charge in [0, 0.05) is 16.5 Å². The number of aromatic nitrogens is 1. The number of benzene rings is 10. The molecule has 10 aromatic carbocycles. The third kappa shape index (κ3) is 4.16. The van der Waals surface area contributed by atoms with E-state index < -0.39 is 0 Å². The van der Waals surface area contributed by atoms with Crippen LogP contribution >= 0.6 is 0 Å². The standard InChI is InChI=1S/C50H31N/c1-2-13-36(14-3-1)51-47-21-11-10-18-40(47)41-28-27-35(30-48(41)51)32-22-24-34(25-23-32)45-31-46-39-17-7-9-20-43(39)49-37-15-5-4-12-33(37)26-29-44(49)50(46)42-19-8-6-16-38(42)45/h1-31H. The Morgan fingerprint density at radius 2 is 0.824 bits per heavy atom. The molecule has 0 unspecified atom stereocenters. The number of para-hydroxylation sites is 2. The van der Waals surface area contributed by atoms with Crippen LogP contribution in [0.2, 0.25) is 0 Å². The van der Waals surface area contributed by atoms with Crippen LogP contribution in [0, 0.1) is 0 Å². The van der Waals surface area contributed by atoms with Crippen LogP contribution in [0.1, 0.15) is 0 Å². The number of rotatable bonds is 3. The van der Waals surface area contributed by atoms with Crippen molar-refractivity contribution in [2.45, 2.75) is 0 Å². The van der Waals surface area contributed by atoms with Crippen LogP contribution in [0.3, 0.4) is 0 Å². The Morgan fingerprint density at radius 3 is 1.63 bits per heavy atom. The lowest BCUT2D eigenvalue weighted by atomic mass is 9.86. The van der Waals surface area contributed by atoms with E-state index in [0.717, 1.165) is 0 Å². The summed E-state index contributed by atoms with van der Waals surface area (Å²) >= 11 is 0. The molecule has 51 heavy (non-hydrogen) atoms. The van der Waals surface area contributed by atoms with Crippen molar-refractivity contribution in [3.05, 3.63) is 188 Å². The van der Waals surface area contributed by atoms with Crippen molar-refractivity contribution < 1.29 is 0 Å². The molecule has 0 radical (unpaired) electrons. The summed E-state index contributed by atoms with van der Waals surface area (Å²) in [6.07, 6.45) is 0. The van der Waals surface area contributed by atoms with Gasteiger partial charge in [0.15, 0.2) is 0 Å². The molecule has 0 amide bonds. The van der Waals surface area contributed by atoms with Gasteiger partial charge < -0.3 is 4.57 Å². The minimum Gasteiger partial charge on any atom is -0.309 e. The SMILES string of the molecule is c1ccc(-n2c3ccccc3c3ccc(-c4ccc(-c5cc6c7ccccc7c7c8ccccc8ccc7c6c6ccccc56)cc4)cc32)cc1. The minimum atomic E-state index is 1.17. The predicted octanol–water partition coefficient (Wildman–Crippen LogP) is 13.9. The fourth-order valence-corrected chi connectivity index (χ4v) is 8.67. The van der Waals surface area contributed by atoms with Gasteiger partial charge >= 0.3 is 0 Å². The third-order valence-corrected chi connectivity index (χ3v) is 10.9. The maximum absolute atomic E-state index is 2.44. The monoisotopic (exact) mass is 645 g/mol. The molecule has 0 aliphatic carbocycles. The fourth-order valence-electron chi connectivity index (χ4n) is 8.67. The molecule has 1 heteroatoms. The maximum atomic E-state index is 2.44. The molecule has 0 aliphatic rings. The largest absolute Gasteiger partial charge is 0.309 e. The van der Waals surface area contributed by atoms with E-state index in [4.69, 9.17) is 0 Å². The summed E-state index contributed by atoms with van der Waals surface area (Å²) in [7, 11) is 0. The summed E-state index contributed by atoms with van der Waals surface area (Å²) in [5, 5.41) is 15.5. The lowest BCUT2D eigenvalue weighted by molar-refractivity contribution is 1.18. The Hall–Kier alpha value is -6.70. The van der Waals surface area contributed by atoms with Crippen LogP contribution < -0.4 is 0 Å². The van der Waals surface area contributed by atoms with E-state index in [9.17, 15) is 0 Å². The van der Waals surface area contributed by atoms with Crippen LogP contribution in [0.5, 0.6) is 0 Å². The van der Waals surface area contributed by atoms with Gasteiger partial charge in [-0.3, -0.25) is 0 Å². The predicted molar refractivity (Wildman–Crippen MR) is 219 cm³/mol. The number of hydrogen-bond donors (Lipinski definition) is 0. The maximum Gasteiger partial charge on any atom is 0.0547 e. The third-order valence-electron chi connectivity index (χ3n) is 10.9. The Kier molecular flexibility index (Phi) is 6.02. The Morgan fingerprint density at radius 1 is 0.275 bits per heavy atom. The van der Waals surface area contributed by atoms with Crippen molar-refractivity contribution in [3.63, 3.8) is 0 Å². The second-order valence-corrected chi connectivity index (χ2v) is 13.6. The first-order valence-electron chi connectivity index (χ1n) is 17.7.